The van der Waals surface area contributed by atoms with Crippen LogP contribution in [-0.4, -0.2) is 41.0 Å². The zero-order valence-corrected chi connectivity index (χ0v) is 15.9. The number of piperazine rings is 1. The molecule has 1 aliphatic heterocycles. The zero-order valence-electron chi connectivity index (χ0n) is 15.9. The highest BCUT2D eigenvalue weighted by molar-refractivity contribution is 5.85. The van der Waals surface area contributed by atoms with Crippen LogP contribution in [0.4, 0.5) is 5.69 Å². The lowest BCUT2D eigenvalue weighted by Crippen LogP contribution is -2.46. The number of benzene rings is 2. The van der Waals surface area contributed by atoms with Crippen molar-refractivity contribution >= 4 is 16.6 Å². The number of hydrogen-bond acceptors (Lipinski definition) is 3. The van der Waals surface area contributed by atoms with E-state index in [0.29, 0.717) is 0 Å². The number of nitrogens with zero attached hydrogens (tertiary/aromatic N) is 3. The van der Waals surface area contributed by atoms with Gasteiger partial charge in [-0.3, -0.25) is 9.88 Å². The normalized spacial score (nSPS) is 15.2. The number of pyridine rings is 1. The standard InChI is InChI=1S/C24H24N4/c1-2-4-19(5-3-1)20-6-7-24-21(16-20)17-22(26-24)18-27-12-14-28(15-13-27)23-8-10-25-11-9-23/h1-11,16-17,26H,12-15,18H2. The van der Waals surface area contributed by atoms with E-state index in [1.54, 1.807) is 0 Å². The Balaban J connectivity index is 1.27. The van der Waals surface area contributed by atoms with Gasteiger partial charge in [-0.2, -0.15) is 0 Å². The summed E-state index contributed by atoms with van der Waals surface area (Å²) in [7, 11) is 0. The lowest BCUT2D eigenvalue weighted by molar-refractivity contribution is 0.247. The van der Waals surface area contributed by atoms with E-state index in [9.17, 15) is 0 Å². The number of H-pyrrole nitrogens is 1. The summed E-state index contributed by atoms with van der Waals surface area (Å²) < 4.78 is 0. The van der Waals surface area contributed by atoms with Gasteiger partial charge >= 0.3 is 0 Å². The summed E-state index contributed by atoms with van der Waals surface area (Å²) in [6.07, 6.45) is 3.74. The highest BCUT2D eigenvalue weighted by atomic mass is 15.3. The van der Waals surface area contributed by atoms with E-state index in [1.807, 2.05) is 12.4 Å². The third-order valence-corrected chi connectivity index (χ3v) is 5.58. The first-order chi connectivity index (χ1) is 13.8. The summed E-state index contributed by atoms with van der Waals surface area (Å²) in [4.78, 5) is 12.7. The molecule has 0 aliphatic carbocycles. The quantitative estimate of drug-likeness (QED) is 0.574. The van der Waals surface area contributed by atoms with Crippen LogP contribution in [-0.2, 0) is 6.54 Å². The van der Waals surface area contributed by atoms with E-state index in [-0.39, 0.29) is 0 Å². The molecule has 140 valence electrons. The zero-order chi connectivity index (χ0) is 18.8. The maximum absolute atomic E-state index is 4.12. The fourth-order valence-electron chi connectivity index (χ4n) is 4.05. The number of fused-ring (bicyclic) bond motifs is 1. The van der Waals surface area contributed by atoms with Crippen LogP contribution >= 0.6 is 0 Å². The Morgan fingerprint density at radius 2 is 1.57 bits per heavy atom. The van der Waals surface area contributed by atoms with Gasteiger partial charge in [-0.05, 0) is 41.5 Å². The summed E-state index contributed by atoms with van der Waals surface area (Å²) in [6.45, 7) is 5.24. The van der Waals surface area contributed by atoms with E-state index in [4.69, 9.17) is 0 Å². The molecule has 0 spiro atoms. The van der Waals surface area contributed by atoms with E-state index in [0.717, 1.165) is 32.7 Å². The molecular formula is C24H24N4. The molecule has 1 N–H and O–H groups in total. The van der Waals surface area contributed by atoms with Crippen LogP contribution in [0.1, 0.15) is 5.69 Å². The molecule has 2 aromatic heterocycles. The smallest absolute Gasteiger partial charge is 0.0456 e. The van der Waals surface area contributed by atoms with Gasteiger partial charge in [0.15, 0.2) is 0 Å². The molecule has 5 rings (SSSR count). The molecule has 4 heteroatoms. The van der Waals surface area contributed by atoms with Gasteiger partial charge in [0.1, 0.15) is 0 Å². The summed E-state index contributed by atoms with van der Waals surface area (Å²) in [6, 6.07) is 23.7. The topological polar surface area (TPSA) is 35.2 Å². The predicted octanol–water partition coefficient (Wildman–Crippen LogP) is 4.55. The van der Waals surface area contributed by atoms with Crippen LogP contribution in [0.3, 0.4) is 0 Å². The Morgan fingerprint density at radius 1 is 0.786 bits per heavy atom. The number of aromatic amines is 1. The van der Waals surface area contributed by atoms with Gasteiger partial charge in [-0.1, -0.05) is 36.4 Å². The summed E-state index contributed by atoms with van der Waals surface area (Å²) in [5.41, 5.74) is 6.31. The number of anilines is 1. The summed E-state index contributed by atoms with van der Waals surface area (Å²) in [5, 5.41) is 1.28. The molecule has 1 aliphatic rings. The third kappa shape index (κ3) is 3.51. The molecule has 0 saturated carbocycles. The molecule has 4 nitrogen and oxygen atoms in total. The molecule has 1 saturated heterocycles. The largest absolute Gasteiger partial charge is 0.369 e. The Kier molecular flexibility index (Phi) is 4.55. The Hall–Kier alpha value is -3.11. The molecule has 0 bridgehead atoms. The molecule has 4 aromatic rings. The van der Waals surface area contributed by atoms with E-state index in [1.165, 1.54) is 33.4 Å². The van der Waals surface area contributed by atoms with Crippen molar-refractivity contribution in [3.63, 3.8) is 0 Å². The van der Waals surface area contributed by atoms with Crippen molar-refractivity contribution in [2.45, 2.75) is 6.54 Å². The van der Waals surface area contributed by atoms with Gasteiger partial charge in [0.25, 0.3) is 0 Å². The number of nitrogens with one attached hydrogen (secondary N) is 1. The minimum atomic E-state index is 0.972. The predicted molar refractivity (Wildman–Crippen MR) is 115 cm³/mol. The average molecular weight is 368 g/mol. The second-order valence-corrected chi connectivity index (χ2v) is 7.43. The number of aromatic nitrogens is 2. The molecule has 2 aromatic carbocycles. The van der Waals surface area contributed by atoms with Crippen molar-refractivity contribution in [3.8, 4) is 11.1 Å². The van der Waals surface area contributed by atoms with Gasteiger partial charge in [-0.25, -0.2) is 0 Å². The Labute approximate surface area is 165 Å². The molecule has 0 atom stereocenters. The van der Waals surface area contributed by atoms with Crippen molar-refractivity contribution in [2.24, 2.45) is 0 Å². The van der Waals surface area contributed by atoms with Crippen molar-refractivity contribution in [3.05, 3.63) is 84.8 Å². The van der Waals surface area contributed by atoms with Crippen LogP contribution in [0.2, 0.25) is 0 Å². The first-order valence-electron chi connectivity index (χ1n) is 9.89. The summed E-state index contributed by atoms with van der Waals surface area (Å²) in [5.74, 6) is 0. The van der Waals surface area contributed by atoms with Crippen molar-refractivity contribution < 1.29 is 0 Å². The van der Waals surface area contributed by atoms with Gasteiger partial charge in [0, 0.05) is 67.4 Å². The minimum Gasteiger partial charge on any atom is -0.369 e. The fraction of sp³-hybridized carbons (Fsp3) is 0.208. The van der Waals surface area contributed by atoms with Crippen LogP contribution in [0, 0.1) is 0 Å². The van der Waals surface area contributed by atoms with Crippen LogP contribution in [0.15, 0.2) is 79.1 Å². The highest BCUT2D eigenvalue weighted by Crippen LogP contribution is 2.25. The fourth-order valence-corrected chi connectivity index (χ4v) is 4.05. The van der Waals surface area contributed by atoms with Crippen molar-refractivity contribution in [1.82, 2.24) is 14.9 Å². The Bertz CT molecular complexity index is 1050. The SMILES string of the molecule is c1ccc(-c2ccc3[nH]c(CN4CCN(c5ccncc5)CC4)cc3c2)cc1. The first kappa shape index (κ1) is 17.0. The molecule has 0 amide bonds. The van der Waals surface area contributed by atoms with E-state index < -0.39 is 0 Å². The van der Waals surface area contributed by atoms with Gasteiger partial charge < -0.3 is 9.88 Å². The average Bonchev–Trinajstić information content (AvgIpc) is 3.17. The van der Waals surface area contributed by atoms with E-state index in [2.05, 4.69) is 86.5 Å². The van der Waals surface area contributed by atoms with Crippen molar-refractivity contribution in [2.75, 3.05) is 31.1 Å². The number of hydrogen-bond donors (Lipinski definition) is 1. The van der Waals surface area contributed by atoms with E-state index >= 15 is 0 Å². The molecule has 1 fully saturated rings. The van der Waals surface area contributed by atoms with Gasteiger partial charge in [0.05, 0.1) is 0 Å². The maximum Gasteiger partial charge on any atom is 0.0456 e. The molecule has 0 unspecified atom stereocenters. The Morgan fingerprint density at radius 3 is 2.36 bits per heavy atom. The molecule has 0 radical (unpaired) electrons. The van der Waals surface area contributed by atoms with Gasteiger partial charge in [-0.15, -0.1) is 0 Å². The second kappa shape index (κ2) is 7.49. The number of rotatable bonds is 4. The minimum absolute atomic E-state index is 0.972. The van der Waals surface area contributed by atoms with Gasteiger partial charge in [0.2, 0.25) is 0 Å². The molecule has 3 heterocycles. The second-order valence-electron chi connectivity index (χ2n) is 7.43. The lowest BCUT2D eigenvalue weighted by Gasteiger charge is -2.35. The molecule has 28 heavy (non-hydrogen) atoms. The molecular weight excluding hydrogens is 344 g/mol. The van der Waals surface area contributed by atoms with Crippen LogP contribution < -0.4 is 4.90 Å². The summed E-state index contributed by atoms with van der Waals surface area (Å²) >= 11 is 0. The monoisotopic (exact) mass is 368 g/mol. The highest BCUT2D eigenvalue weighted by Gasteiger charge is 2.18. The van der Waals surface area contributed by atoms with Crippen LogP contribution in [0.25, 0.3) is 22.0 Å². The van der Waals surface area contributed by atoms with Crippen molar-refractivity contribution in [1.29, 1.82) is 0 Å². The maximum atomic E-state index is 4.12. The van der Waals surface area contributed by atoms with Crippen LogP contribution in [0.5, 0.6) is 0 Å². The first-order valence-corrected chi connectivity index (χ1v) is 9.89. The third-order valence-electron chi connectivity index (χ3n) is 5.58. The lowest BCUT2D eigenvalue weighted by atomic mass is 10.0.